The monoisotopic (exact) mass is 494 g/mol. The molecule has 2 aromatic carbocycles. The summed E-state index contributed by atoms with van der Waals surface area (Å²) in [5, 5.41) is 6.43. The minimum Gasteiger partial charge on any atom is -0.496 e. The first-order valence-electron chi connectivity index (χ1n) is 12.9. The SMILES string of the molecule is CCN(CC)Cc1cc(CN[C@H]2C[C@H]3C(=O)N[C@@H](COCc4ccccc4)C(=O)N3C2)ccc1OC. The number of nitrogens with zero attached hydrogens (tertiary/aromatic N) is 2. The van der Waals surface area contributed by atoms with Crippen molar-refractivity contribution < 1.29 is 19.1 Å². The summed E-state index contributed by atoms with van der Waals surface area (Å²) in [6.07, 6.45) is 0.609. The second-order valence-corrected chi connectivity index (χ2v) is 9.49. The van der Waals surface area contributed by atoms with Gasteiger partial charge < -0.3 is 25.0 Å². The molecule has 2 N–H and O–H groups in total. The lowest BCUT2D eigenvalue weighted by molar-refractivity contribution is -0.148. The maximum atomic E-state index is 13.1. The van der Waals surface area contributed by atoms with Crippen LogP contribution in [0.4, 0.5) is 0 Å². The topological polar surface area (TPSA) is 83.1 Å². The van der Waals surface area contributed by atoms with Gasteiger partial charge in [-0.1, -0.05) is 50.2 Å². The van der Waals surface area contributed by atoms with Crippen molar-refractivity contribution in [3.05, 3.63) is 65.2 Å². The van der Waals surface area contributed by atoms with E-state index >= 15 is 0 Å². The minimum atomic E-state index is -0.638. The van der Waals surface area contributed by atoms with Crippen molar-refractivity contribution in [3.8, 4) is 5.75 Å². The van der Waals surface area contributed by atoms with E-state index < -0.39 is 12.1 Å². The van der Waals surface area contributed by atoms with Gasteiger partial charge in [0.15, 0.2) is 0 Å². The largest absolute Gasteiger partial charge is 0.496 e. The molecule has 2 saturated heterocycles. The quantitative estimate of drug-likeness (QED) is 0.471. The summed E-state index contributed by atoms with van der Waals surface area (Å²) < 4.78 is 11.3. The molecular weight excluding hydrogens is 456 g/mol. The van der Waals surface area contributed by atoms with Gasteiger partial charge in [-0.15, -0.1) is 0 Å². The molecule has 0 saturated carbocycles. The molecule has 0 unspecified atom stereocenters. The van der Waals surface area contributed by atoms with Crippen molar-refractivity contribution >= 4 is 11.8 Å². The van der Waals surface area contributed by atoms with Gasteiger partial charge in [0.05, 0.1) is 20.3 Å². The number of hydrogen-bond acceptors (Lipinski definition) is 6. The Morgan fingerprint density at radius 3 is 2.58 bits per heavy atom. The number of carbonyl (C=O) groups is 2. The highest BCUT2D eigenvalue weighted by atomic mass is 16.5. The molecule has 0 radical (unpaired) electrons. The summed E-state index contributed by atoms with van der Waals surface area (Å²) in [5.41, 5.74) is 3.36. The first kappa shape index (κ1) is 26.1. The Morgan fingerprint density at radius 2 is 1.86 bits per heavy atom. The number of rotatable bonds is 12. The molecule has 3 atom stereocenters. The van der Waals surface area contributed by atoms with Crippen molar-refractivity contribution in [1.29, 1.82) is 0 Å². The lowest BCUT2D eigenvalue weighted by Crippen LogP contribution is -2.62. The van der Waals surface area contributed by atoms with Crippen molar-refractivity contribution in [3.63, 3.8) is 0 Å². The molecule has 8 heteroatoms. The second-order valence-electron chi connectivity index (χ2n) is 9.49. The van der Waals surface area contributed by atoms with Crippen LogP contribution in [-0.4, -0.2) is 73.1 Å². The number of benzene rings is 2. The van der Waals surface area contributed by atoms with Crippen molar-refractivity contribution in [2.24, 2.45) is 0 Å². The number of piperazine rings is 1. The van der Waals surface area contributed by atoms with Gasteiger partial charge in [0, 0.05) is 31.2 Å². The number of carbonyl (C=O) groups excluding carboxylic acids is 2. The van der Waals surface area contributed by atoms with E-state index in [-0.39, 0.29) is 24.5 Å². The molecule has 0 bridgehead atoms. The molecule has 2 aromatic rings. The molecule has 2 amide bonds. The molecule has 4 rings (SSSR count). The standard InChI is InChI=1S/C28H38N4O4/c1-4-31(5-2)16-22-13-21(11-12-26(22)35-3)15-29-23-14-25-27(33)30-24(28(34)32(25)17-23)19-36-18-20-9-7-6-8-10-20/h6-13,23-25,29H,4-5,14-19H2,1-3H3,(H,30,33)/t23-,24-,25-/m0/s1. The maximum absolute atomic E-state index is 13.1. The highest BCUT2D eigenvalue weighted by molar-refractivity contribution is 5.97. The first-order chi connectivity index (χ1) is 17.5. The number of methoxy groups -OCH3 is 1. The Kier molecular flexibility index (Phi) is 8.96. The van der Waals surface area contributed by atoms with Crippen LogP contribution in [-0.2, 0) is 34.0 Å². The van der Waals surface area contributed by atoms with E-state index in [9.17, 15) is 9.59 Å². The number of hydrogen-bond donors (Lipinski definition) is 2. The van der Waals surface area contributed by atoms with Crippen LogP contribution < -0.4 is 15.4 Å². The highest BCUT2D eigenvalue weighted by Gasteiger charge is 2.46. The van der Waals surface area contributed by atoms with Gasteiger partial charge in [-0.3, -0.25) is 14.5 Å². The highest BCUT2D eigenvalue weighted by Crippen LogP contribution is 2.25. The van der Waals surface area contributed by atoms with E-state index in [0.29, 0.717) is 26.1 Å². The number of amides is 2. The fourth-order valence-corrected chi connectivity index (χ4v) is 5.00. The van der Waals surface area contributed by atoms with Crippen molar-refractivity contribution in [1.82, 2.24) is 20.4 Å². The fourth-order valence-electron chi connectivity index (χ4n) is 5.00. The molecular formula is C28H38N4O4. The van der Waals surface area contributed by atoms with Crippen LogP contribution in [0.1, 0.15) is 37.0 Å². The predicted octanol–water partition coefficient (Wildman–Crippen LogP) is 2.31. The van der Waals surface area contributed by atoms with Gasteiger partial charge in [0.1, 0.15) is 17.8 Å². The van der Waals surface area contributed by atoms with E-state index in [1.165, 1.54) is 0 Å². The van der Waals surface area contributed by atoms with Gasteiger partial charge in [0.2, 0.25) is 11.8 Å². The molecule has 2 fully saturated rings. The summed E-state index contributed by atoms with van der Waals surface area (Å²) in [4.78, 5) is 29.9. The predicted molar refractivity (Wildman–Crippen MR) is 138 cm³/mol. The van der Waals surface area contributed by atoms with Crippen LogP contribution in [0.15, 0.2) is 48.5 Å². The molecule has 2 heterocycles. The van der Waals surface area contributed by atoms with Crippen molar-refractivity contribution in [2.45, 2.75) is 58.1 Å². The van der Waals surface area contributed by atoms with Crippen LogP contribution in [0.3, 0.4) is 0 Å². The van der Waals surface area contributed by atoms with Gasteiger partial charge in [-0.25, -0.2) is 0 Å². The first-order valence-corrected chi connectivity index (χ1v) is 12.9. The number of nitrogens with one attached hydrogen (secondary N) is 2. The Morgan fingerprint density at radius 1 is 1.08 bits per heavy atom. The summed E-state index contributed by atoms with van der Waals surface area (Å²) in [6.45, 7) is 8.89. The third-order valence-electron chi connectivity index (χ3n) is 7.13. The van der Waals surface area contributed by atoms with Crippen LogP contribution >= 0.6 is 0 Å². The Labute approximate surface area is 213 Å². The maximum Gasteiger partial charge on any atom is 0.248 e. The lowest BCUT2D eigenvalue weighted by Gasteiger charge is -2.34. The Balaban J connectivity index is 1.31. The summed E-state index contributed by atoms with van der Waals surface area (Å²) in [5.74, 6) is 0.729. The molecule has 2 aliphatic heterocycles. The molecule has 0 aliphatic carbocycles. The van der Waals surface area contributed by atoms with E-state index in [4.69, 9.17) is 9.47 Å². The smallest absolute Gasteiger partial charge is 0.248 e. The zero-order valence-electron chi connectivity index (χ0n) is 21.5. The Bertz CT molecular complexity index is 1030. The average molecular weight is 495 g/mol. The molecule has 36 heavy (non-hydrogen) atoms. The molecule has 0 aromatic heterocycles. The van der Waals surface area contributed by atoms with E-state index in [0.717, 1.165) is 42.1 Å². The van der Waals surface area contributed by atoms with Gasteiger partial charge in [-0.05, 0) is 42.8 Å². The number of fused-ring (bicyclic) bond motifs is 1. The van der Waals surface area contributed by atoms with E-state index in [1.54, 1.807) is 12.0 Å². The van der Waals surface area contributed by atoms with Gasteiger partial charge in [-0.2, -0.15) is 0 Å². The van der Waals surface area contributed by atoms with Gasteiger partial charge in [0.25, 0.3) is 0 Å². The third kappa shape index (κ3) is 6.24. The molecule has 8 nitrogen and oxygen atoms in total. The summed E-state index contributed by atoms with van der Waals surface area (Å²) >= 11 is 0. The molecule has 0 spiro atoms. The molecule has 2 aliphatic rings. The van der Waals surface area contributed by atoms with Crippen LogP contribution in [0.25, 0.3) is 0 Å². The van der Waals surface area contributed by atoms with E-state index in [1.807, 2.05) is 36.4 Å². The van der Waals surface area contributed by atoms with Crippen molar-refractivity contribution in [2.75, 3.05) is 33.4 Å². The minimum absolute atomic E-state index is 0.0574. The van der Waals surface area contributed by atoms with Crippen LogP contribution in [0, 0.1) is 0 Å². The third-order valence-corrected chi connectivity index (χ3v) is 7.13. The Hall–Kier alpha value is -2.94. The van der Waals surface area contributed by atoms with Crippen LogP contribution in [0.5, 0.6) is 5.75 Å². The number of ether oxygens (including phenoxy) is 2. The van der Waals surface area contributed by atoms with Crippen LogP contribution in [0.2, 0.25) is 0 Å². The summed E-state index contributed by atoms with van der Waals surface area (Å²) in [6, 6.07) is 15.1. The summed E-state index contributed by atoms with van der Waals surface area (Å²) in [7, 11) is 1.70. The van der Waals surface area contributed by atoms with E-state index in [2.05, 4.69) is 41.5 Å². The second kappa shape index (κ2) is 12.3. The molecule has 194 valence electrons. The fraction of sp³-hybridized carbons (Fsp3) is 0.500. The average Bonchev–Trinajstić information content (AvgIpc) is 3.35. The van der Waals surface area contributed by atoms with Gasteiger partial charge >= 0.3 is 0 Å². The zero-order chi connectivity index (χ0) is 25.5. The zero-order valence-corrected chi connectivity index (χ0v) is 21.5. The normalized spacial score (nSPS) is 21.6. The lowest BCUT2D eigenvalue weighted by atomic mass is 10.1.